The minimum atomic E-state index is -0.789. The third-order valence-corrected chi connectivity index (χ3v) is 5.29. The van der Waals surface area contributed by atoms with Crippen LogP contribution in [0.5, 0.6) is 0 Å². The van der Waals surface area contributed by atoms with E-state index in [1.54, 1.807) is 0 Å². The van der Waals surface area contributed by atoms with Gasteiger partial charge in [0.2, 0.25) is 0 Å². The summed E-state index contributed by atoms with van der Waals surface area (Å²) in [4.78, 5) is 0. The lowest BCUT2D eigenvalue weighted by Crippen LogP contribution is -2.37. The monoisotopic (exact) mass is 248 g/mol. The highest BCUT2D eigenvalue weighted by Crippen LogP contribution is 2.43. The second-order valence-corrected chi connectivity index (χ2v) is 6.60. The summed E-state index contributed by atoms with van der Waals surface area (Å²) < 4.78 is 0. The predicted molar refractivity (Wildman–Crippen MR) is 76.1 cm³/mol. The molecule has 2 fully saturated rings. The van der Waals surface area contributed by atoms with Gasteiger partial charge in [-0.1, -0.05) is 38.5 Å². The van der Waals surface area contributed by atoms with Crippen molar-refractivity contribution in [3.63, 3.8) is 0 Å². The number of aliphatic hydroxyl groups is 1. The fourth-order valence-electron chi connectivity index (χ4n) is 4.18. The van der Waals surface area contributed by atoms with Crippen molar-refractivity contribution in [2.24, 2.45) is 17.8 Å². The van der Waals surface area contributed by atoms with Gasteiger partial charge in [0.25, 0.3) is 0 Å². The number of hydrogen-bond donors (Lipinski definition) is 1. The number of rotatable bonds is 3. The van der Waals surface area contributed by atoms with Crippen LogP contribution >= 0.6 is 0 Å². The van der Waals surface area contributed by atoms with Crippen LogP contribution in [0, 0.1) is 30.1 Å². The lowest BCUT2D eigenvalue weighted by Gasteiger charge is -2.40. The quantitative estimate of drug-likeness (QED) is 0.744. The number of hydrogen-bond acceptors (Lipinski definition) is 1. The van der Waals surface area contributed by atoms with Gasteiger partial charge in [0.15, 0.2) is 0 Å². The number of terminal acetylenes is 1. The molecule has 2 unspecified atom stereocenters. The molecule has 0 bridgehead atoms. The standard InChI is InChI=1S/C17H28O/c1-3-6-14-8-10-15(11-9-14)16-7-5-12-17(18,4-2)13-16/h2,14-16,18H,3,5-13H2,1H3. The Morgan fingerprint density at radius 1 is 1.17 bits per heavy atom. The van der Waals surface area contributed by atoms with Crippen LogP contribution in [0.4, 0.5) is 0 Å². The second kappa shape index (κ2) is 6.11. The zero-order valence-electron chi connectivity index (χ0n) is 11.8. The molecule has 2 aliphatic carbocycles. The van der Waals surface area contributed by atoms with Crippen molar-refractivity contribution in [1.82, 2.24) is 0 Å². The van der Waals surface area contributed by atoms with Crippen molar-refractivity contribution in [1.29, 1.82) is 0 Å². The maximum Gasteiger partial charge on any atom is 0.125 e. The highest BCUT2D eigenvalue weighted by Gasteiger charge is 2.37. The molecule has 0 amide bonds. The lowest BCUT2D eigenvalue weighted by atomic mass is 9.67. The molecule has 0 aliphatic heterocycles. The van der Waals surface area contributed by atoms with Crippen LogP contribution in [0.2, 0.25) is 0 Å². The van der Waals surface area contributed by atoms with Gasteiger partial charge in [-0.3, -0.25) is 0 Å². The van der Waals surface area contributed by atoms with Crippen LogP contribution in [0.15, 0.2) is 0 Å². The normalized spacial score (nSPS) is 41.3. The first-order chi connectivity index (χ1) is 8.67. The summed E-state index contributed by atoms with van der Waals surface area (Å²) >= 11 is 0. The molecule has 0 saturated heterocycles. The van der Waals surface area contributed by atoms with E-state index in [-0.39, 0.29) is 0 Å². The maximum absolute atomic E-state index is 10.3. The molecule has 2 saturated carbocycles. The van der Waals surface area contributed by atoms with Crippen LogP contribution in [-0.2, 0) is 0 Å². The molecular weight excluding hydrogens is 220 g/mol. The van der Waals surface area contributed by atoms with Gasteiger partial charge >= 0.3 is 0 Å². The van der Waals surface area contributed by atoms with E-state index in [0.717, 1.165) is 31.1 Å². The molecule has 0 spiro atoms. The van der Waals surface area contributed by atoms with Gasteiger partial charge in [0, 0.05) is 0 Å². The van der Waals surface area contributed by atoms with Gasteiger partial charge in [-0.15, -0.1) is 6.42 Å². The van der Waals surface area contributed by atoms with E-state index in [9.17, 15) is 5.11 Å². The second-order valence-electron chi connectivity index (χ2n) is 6.60. The van der Waals surface area contributed by atoms with Gasteiger partial charge in [-0.2, -0.15) is 0 Å². The Kier molecular flexibility index (Phi) is 4.73. The van der Waals surface area contributed by atoms with Crippen molar-refractivity contribution < 1.29 is 5.11 Å². The molecule has 1 N–H and O–H groups in total. The van der Waals surface area contributed by atoms with Crippen molar-refractivity contribution >= 4 is 0 Å². The fraction of sp³-hybridized carbons (Fsp3) is 0.882. The summed E-state index contributed by atoms with van der Waals surface area (Å²) in [6.45, 7) is 2.29. The zero-order chi connectivity index (χ0) is 13.0. The highest BCUT2D eigenvalue weighted by molar-refractivity contribution is 5.09. The summed E-state index contributed by atoms with van der Waals surface area (Å²) in [5, 5.41) is 10.3. The summed E-state index contributed by atoms with van der Waals surface area (Å²) in [7, 11) is 0. The van der Waals surface area contributed by atoms with E-state index in [1.165, 1.54) is 44.9 Å². The van der Waals surface area contributed by atoms with Gasteiger partial charge in [0.1, 0.15) is 5.60 Å². The summed E-state index contributed by atoms with van der Waals surface area (Å²) in [5.41, 5.74) is -0.789. The molecule has 1 heteroatoms. The Morgan fingerprint density at radius 3 is 2.50 bits per heavy atom. The fourth-order valence-corrected chi connectivity index (χ4v) is 4.18. The molecule has 0 aromatic carbocycles. The molecule has 1 nitrogen and oxygen atoms in total. The zero-order valence-corrected chi connectivity index (χ0v) is 11.8. The van der Waals surface area contributed by atoms with Crippen LogP contribution in [-0.4, -0.2) is 10.7 Å². The first-order valence-corrected chi connectivity index (χ1v) is 7.87. The summed E-state index contributed by atoms with van der Waals surface area (Å²) in [5.74, 6) is 5.12. The van der Waals surface area contributed by atoms with Crippen molar-refractivity contribution in [3.05, 3.63) is 0 Å². The molecule has 0 radical (unpaired) electrons. The lowest BCUT2D eigenvalue weighted by molar-refractivity contribution is 0.0133. The third kappa shape index (κ3) is 3.29. The predicted octanol–water partition coefficient (Wildman–Crippen LogP) is 4.15. The summed E-state index contributed by atoms with van der Waals surface area (Å²) in [6, 6.07) is 0. The van der Waals surface area contributed by atoms with Crippen LogP contribution in [0.3, 0.4) is 0 Å². The van der Waals surface area contributed by atoms with Gasteiger partial charge < -0.3 is 5.11 Å². The molecule has 2 rings (SSSR count). The molecule has 2 aliphatic rings. The van der Waals surface area contributed by atoms with Crippen LogP contribution in [0.25, 0.3) is 0 Å². The molecule has 18 heavy (non-hydrogen) atoms. The van der Waals surface area contributed by atoms with Crippen molar-refractivity contribution in [2.75, 3.05) is 0 Å². The first-order valence-electron chi connectivity index (χ1n) is 7.87. The Hall–Kier alpha value is -0.480. The Balaban J connectivity index is 1.84. The molecule has 2 atom stereocenters. The molecule has 0 aromatic rings. The maximum atomic E-state index is 10.3. The minimum Gasteiger partial charge on any atom is -0.378 e. The minimum absolute atomic E-state index is 0.683. The topological polar surface area (TPSA) is 20.2 Å². The molecular formula is C17H28O. The van der Waals surface area contributed by atoms with E-state index in [0.29, 0.717) is 5.92 Å². The van der Waals surface area contributed by atoms with E-state index >= 15 is 0 Å². The van der Waals surface area contributed by atoms with Crippen molar-refractivity contribution in [3.8, 4) is 12.3 Å². The molecule has 102 valence electrons. The Labute approximate surface area is 112 Å². The van der Waals surface area contributed by atoms with E-state index in [2.05, 4.69) is 12.8 Å². The van der Waals surface area contributed by atoms with Crippen LogP contribution in [0.1, 0.15) is 71.1 Å². The van der Waals surface area contributed by atoms with Gasteiger partial charge in [-0.05, 0) is 56.3 Å². The smallest absolute Gasteiger partial charge is 0.125 e. The molecule has 0 aromatic heterocycles. The van der Waals surface area contributed by atoms with E-state index in [4.69, 9.17) is 6.42 Å². The average Bonchev–Trinajstić information content (AvgIpc) is 2.40. The Morgan fingerprint density at radius 2 is 1.89 bits per heavy atom. The third-order valence-electron chi connectivity index (χ3n) is 5.29. The SMILES string of the molecule is C#CC1(O)CCCC(C2CCC(CCC)CC2)C1. The molecule has 0 heterocycles. The van der Waals surface area contributed by atoms with E-state index < -0.39 is 5.60 Å². The van der Waals surface area contributed by atoms with Crippen molar-refractivity contribution in [2.45, 2.75) is 76.7 Å². The average molecular weight is 248 g/mol. The van der Waals surface area contributed by atoms with E-state index in [1.807, 2.05) is 0 Å². The first kappa shape index (κ1) is 13.9. The van der Waals surface area contributed by atoms with Gasteiger partial charge in [0.05, 0.1) is 0 Å². The largest absolute Gasteiger partial charge is 0.378 e. The van der Waals surface area contributed by atoms with Crippen LogP contribution < -0.4 is 0 Å². The summed E-state index contributed by atoms with van der Waals surface area (Å²) in [6.07, 6.45) is 17.8. The Bertz CT molecular complexity index is 295. The van der Waals surface area contributed by atoms with Gasteiger partial charge in [-0.25, -0.2) is 0 Å². The highest BCUT2D eigenvalue weighted by atomic mass is 16.3.